The second-order valence-electron chi connectivity index (χ2n) is 7.11. The number of phenolic OH excluding ortho intramolecular Hbond substituents is 1. The third kappa shape index (κ3) is 4.78. The molecule has 2 N–H and O–H groups in total. The van der Waals surface area contributed by atoms with Crippen molar-refractivity contribution in [2.24, 2.45) is 0 Å². The van der Waals surface area contributed by atoms with Gasteiger partial charge in [0.1, 0.15) is 29.5 Å². The van der Waals surface area contributed by atoms with E-state index in [2.05, 4.69) is 5.10 Å². The molecule has 0 radical (unpaired) electrons. The van der Waals surface area contributed by atoms with Gasteiger partial charge in [0, 0.05) is 22.2 Å². The first-order valence-corrected chi connectivity index (χ1v) is 10.0. The van der Waals surface area contributed by atoms with Crippen molar-refractivity contribution in [3.05, 3.63) is 88.6 Å². The van der Waals surface area contributed by atoms with Crippen molar-refractivity contribution in [1.82, 2.24) is 10.2 Å². The molecule has 0 amide bonds. The smallest absolute Gasteiger partial charge is 0.433 e. The van der Waals surface area contributed by atoms with E-state index in [1.165, 1.54) is 42.5 Å². The minimum absolute atomic E-state index is 0.0814. The summed E-state index contributed by atoms with van der Waals surface area (Å²) in [6, 6.07) is 19.0. The van der Waals surface area contributed by atoms with Crippen LogP contribution >= 0.6 is 11.6 Å². The summed E-state index contributed by atoms with van der Waals surface area (Å²) in [5, 5.41) is 26.2. The number of alkyl halides is 3. The van der Waals surface area contributed by atoms with Gasteiger partial charge in [-0.15, -0.1) is 0 Å². The van der Waals surface area contributed by atoms with E-state index in [1.54, 1.807) is 24.3 Å². The molecule has 0 aliphatic heterocycles. The highest BCUT2D eigenvalue weighted by Gasteiger charge is 2.38. The van der Waals surface area contributed by atoms with E-state index < -0.39 is 11.9 Å². The molecule has 4 rings (SSSR count). The summed E-state index contributed by atoms with van der Waals surface area (Å²) in [6.07, 6.45) is -4.72. The van der Waals surface area contributed by atoms with E-state index in [1.807, 2.05) is 11.2 Å². The summed E-state index contributed by atoms with van der Waals surface area (Å²) in [6.45, 7) is 0.211. The van der Waals surface area contributed by atoms with Gasteiger partial charge in [0.15, 0.2) is 0 Å². The molecule has 166 valence electrons. The monoisotopic (exact) mass is 469 g/mol. The summed E-state index contributed by atoms with van der Waals surface area (Å²) >= 11 is 5.86. The molecule has 0 saturated heterocycles. The predicted molar refractivity (Wildman–Crippen MR) is 117 cm³/mol. The molecule has 0 saturated carbocycles. The number of nitrogens with one attached hydrogen (secondary N) is 1. The highest BCUT2D eigenvalue weighted by Crippen LogP contribution is 2.43. The summed E-state index contributed by atoms with van der Waals surface area (Å²) in [7, 11) is 0. The number of halogens is 4. The van der Waals surface area contributed by atoms with E-state index >= 15 is 0 Å². The highest BCUT2D eigenvalue weighted by molar-refractivity contribution is 6.30. The molecule has 1 aromatic heterocycles. The van der Waals surface area contributed by atoms with Gasteiger partial charge >= 0.3 is 6.18 Å². The lowest BCUT2D eigenvalue weighted by Gasteiger charge is -2.12. The van der Waals surface area contributed by atoms with Crippen LogP contribution < -0.4 is 4.74 Å². The summed E-state index contributed by atoms with van der Waals surface area (Å²) < 4.78 is 46.7. The fraction of sp³-hybridized carbons (Fsp3) is 0.0833. The van der Waals surface area contributed by atoms with Crippen LogP contribution in [0.3, 0.4) is 0 Å². The number of H-pyrrole nitrogens is 1. The van der Waals surface area contributed by atoms with Gasteiger partial charge < -0.3 is 9.84 Å². The molecule has 0 aliphatic carbocycles. The van der Waals surface area contributed by atoms with Gasteiger partial charge in [-0.3, -0.25) is 5.10 Å². The van der Waals surface area contributed by atoms with Gasteiger partial charge in [-0.1, -0.05) is 35.9 Å². The van der Waals surface area contributed by atoms with Crippen LogP contribution in [0.5, 0.6) is 11.5 Å². The van der Waals surface area contributed by atoms with E-state index in [9.17, 15) is 18.3 Å². The number of hydrogen-bond donors (Lipinski definition) is 2. The van der Waals surface area contributed by atoms with Crippen molar-refractivity contribution in [3.63, 3.8) is 0 Å². The summed E-state index contributed by atoms with van der Waals surface area (Å²) in [4.78, 5) is 0. The number of ether oxygens (including phenoxy) is 1. The lowest BCUT2D eigenvalue weighted by atomic mass is 9.97. The van der Waals surface area contributed by atoms with Gasteiger partial charge in [0.25, 0.3) is 0 Å². The predicted octanol–water partition coefficient (Wildman–Crippen LogP) is 6.57. The maximum Gasteiger partial charge on any atom is 0.433 e. The molecule has 5 nitrogen and oxygen atoms in total. The molecule has 0 aliphatic rings. The highest BCUT2D eigenvalue weighted by atomic mass is 35.5. The number of hydrogen-bond acceptors (Lipinski definition) is 4. The van der Waals surface area contributed by atoms with Crippen molar-refractivity contribution in [2.75, 3.05) is 0 Å². The fourth-order valence-electron chi connectivity index (χ4n) is 3.32. The first kappa shape index (κ1) is 22.2. The number of aromatic amines is 1. The third-order valence-corrected chi connectivity index (χ3v) is 5.13. The topological polar surface area (TPSA) is 81.9 Å². The maximum absolute atomic E-state index is 13.7. The molecule has 9 heteroatoms. The molecular formula is C24H15ClF3N3O2. The Hall–Kier alpha value is -3.96. The van der Waals surface area contributed by atoms with E-state index in [-0.39, 0.29) is 40.3 Å². The molecule has 0 unspecified atom stereocenters. The molecular weight excluding hydrogens is 455 g/mol. The summed E-state index contributed by atoms with van der Waals surface area (Å²) in [5.41, 5.74) is -0.155. The Balaban J connectivity index is 1.71. The number of nitrogens with zero attached hydrogens (tertiary/aromatic N) is 2. The molecule has 0 bridgehead atoms. The number of aromatic hydroxyl groups is 1. The van der Waals surface area contributed by atoms with E-state index in [4.69, 9.17) is 21.6 Å². The van der Waals surface area contributed by atoms with Crippen LogP contribution in [0.15, 0.2) is 66.7 Å². The Morgan fingerprint density at radius 2 is 1.82 bits per heavy atom. The van der Waals surface area contributed by atoms with Gasteiger partial charge in [-0.2, -0.15) is 23.5 Å². The van der Waals surface area contributed by atoms with E-state index in [0.29, 0.717) is 10.8 Å². The van der Waals surface area contributed by atoms with Crippen molar-refractivity contribution in [1.29, 1.82) is 5.26 Å². The zero-order valence-electron chi connectivity index (χ0n) is 16.8. The Morgan fingerprint density at radius 1 is 1.06 bits per heavy atom. The van der Waals surface area contributed by atoms with Crippen molar-refractivity contribution in [3.8, 4) is 40.0 Å². The zero-order chi connectivity index (χ0) is 23.6. The Bertz CT molecular complexity index is 1340. The lowest BCUT2D eigenvalue weighted by Crippen LogP contribution is -2.07. The number of aromatic nitrogens is 2. The minimum atomic E-state index is -4.72. The molecule has 3 aromatic carbocycles. The minimum Gasteiger partial charge on any atom is -0.507 e. The number of benzene rings is 3. The Kier molecular flexibility index (Phi) is 5.99. The van der Waals surface area contributed by atoms with Gasteiger partial charge in [-0.25, -0.2) is 0 Å². The fourth-order valence-corrected chi connectivity index (χ4v) is 3.44. The van der Waals surface area contributed by atoms with Crippen molar-refractivity contribution < 1.29 is 23.0 Å². The van der Waals surface area contributed by atoms with Crippen LogP contribution in [0.1, 0.15) is 16.8 Å². The van der Waals surface area contributed by atoms with Crippen LogP contribution in [0.4, 0.5) is 13.2 Å². The van der Waals surface area contributed by atoms with Crippen molar-refractivity contribution >= 4 is 11.6 Å². The van der Waals surface area contributed by atoms with Crippen LogP contribution in [0, 0.1) is 11.3 Å². The molecule has 4 aromatic rings. The first-order chi connectivity index (χ1) is 15.8. The zero-order valence-corrected chi connectivity index (χ0v) is 17.6. The number of rotatable bonds is 5. The van der Waals surface area contributed by atoms with E-state index in [0.717, 1.165) is 5.56 Å². The average molecular weight is 470 g/mol. The average Bonchev–Trinajstić information content (AvgIpc) is 3.24. The van der Waals surface area contributed by atoms with Crippen LogP contribution in [0.2, 0.25) is 5.02 Å². The second-order valence-corrected chi connectivity index (χ2v) is 7.54. The lowest BCUT2D eigenvalue weighted by molar-refractivity contribution is -0.140. The Morgan fingerprint density at radius 3 is 2.48 bits per heavy atom. The third-order valence-electron chi connectivity index (χ3n) is 4.87. The normalized spacial score (nSPS) is 11.2. The second kappa shape index (κ2) is 8.88. The molecule has 0 spiro atoms. The van der Waals surface area contributed by atoms with Crippen LogP contribution in [0.25, 0.3) is 22.4 Å². The number of nitriles is 1. The molecule has 1 heterocycles. The quantitative estimate of drug-likeness (QED) is 0.346. The van der Waals surface area contributed by atoms with Crippen molar-refractivity contribution in [2.45, 2.75) is 12.8 Å². The molecule has 0 atom stereocenters. The van der Waals surface area contributed by atoms with Crippen LogP contribution in [-0.4, -0.2) is 15.3 Å². The number of phenols is 1. The SMILES string of the molecule is N#Cc1cccc(-c2c(-c3ccc(OCc4ccc(Cl)cc4)cc3O)n[nH]c2C(F)(F)F)c1. The maximum atomic E-state index is 13.7. The van der Waals surface area contributed by atoms with Crippen LogP contribution in [-0.2, 0) is 12.8 Å². The molecule has 0 fully saturated rings. The van der Waals surface area contributed by atoms with Gasteiger partial charge in [0.2, 0.25) is 0 Å². The molecule has 33 heavy (non-hydrogen) atoms. The largest absolute Gasteiger partial charge is 0.507 e. The van der Waals surface area contributed by atoms with Gasteiger partial charge in [0.05, 0.1) is 11.6 Å². The summed E-state index contributed by atoms with van der Waals surface area (Å²) in [5.74, 6) is 0.0207. The standard InChI is InChI=1S/C24H15ClF3N3O2/c25-17-6-4-14(5-7-17)13-33-18-8-9-19(20(32)11-18)22-21(23(31-30-22)24(26,27)28)16-3-1-2-15(10-16)12-29/h1-11,32H,13H2,(H,30,31). The van der Waals surface area contributed by atoms with Gasteiger partial charge in [-0.05, 0) is 47.5 Å². The Labute approximate surface area is 191 Å². The first-order valence-electron chi connectivity index (χ1n) is 9.63.